The number of ether oxygens (including phenoxy) is 1. The number of rotatable bonds is 18. The molecule has 0 heterocycles. The third-order valence-electron chi connectivity index (χ3n) is 5.89. The van der Waals surface area contributed by atoms with Gasteiger partial charge < -0.3 is 0 Å². The average Bonchev–Trinajstić information content (AvgIpc) is 2.74. The van der Waals surface area contributed by atoms with Crippen molar-refractivity contribution >= 4 is 46.0 Å². The number of halogens is 1. The van der Waals surface area contributed by atoms with Crippen molar-refractivity contribution < 1.29 is 13.2 Å². The summed E-state index contributed by atoms with van der Waals surface area (Å²) in [5.74, 6) is 0.00273. The molecule has 0 aromatic heterocycles. The monoisotopic (exact) mass is 593 g/mol. The van der Waals surface area contributed by atoms with E-state index in [2.05, 4.69) is 25.8 Å². The van der Waals surface area contributed by atoms with E-state index in [0.29, 0.717) is 17.1 Å². The predicted octanol–water partition coefficient (Wildman–Crippen LogP) is 7.10. The van der Waals surface area contributed by atoms with Crippen molar-refractivity contribution in [2.75, 3.05) is 24.0 Å². The van der Waals surface area contributed by atoms with Gasteiger partial charge in [0.25, 0.3) is 0 Å². The first-order valence-corrected chi connectivity index (χ1v) is 22.8. The predicted molar refractivity (Wildman–Crippen MR) is 143 cm³/mol. The van der Waals surface area contributed by atoms with Gasteiger partial charge in [0.05, 0.1) is 0 Å². The summed E-state index contributed by atoms with van der Waals surface area (Å²) in [6.07, 6.45) is 11.9. The first-order valence-electron chi connectivity index (χ1n) is 12.3. The van der Waals surface area contributed by atoms with Crippen LogP contribution in [0.5, 0.6) is 0 Å². The van der Waals surface area contributed by atoms with Gasteiger partial charge >= 0.3 is 183 Å². The van der Waals surface area contributed by atoms with Gasteiger partial charge in [-0.1, -0.05) is 0 Å². The van der Waals surface area contributed by atoms with E-state index in [9.17, 15) is 8.42 Å². The van der Waals surface area contributed by atoms with Crippen LogP contribution in [-0.2, 0) is 20.3 Å². The van der Waals surface area contributed by atoms with Gasteiger partial charge in [-0.15, -0.1) is 0 Å². The van der Waals surface area contributed by atoms with Crippen LogP contribution in [-0.4, -0.2) is 57.0 Å². The summed E-state index contributed by atoms with van der Waals surface area (Å²) in [6, 6.07) is 5.34. The molecule has 184 valence electrons. The van der Waals surface area contributed by atoms with Crippen LogP contribution in [0.25, 0.3) is 0 Å². The normalized spacial score (nSPS) is 12.7. The molecule has 0 saturated carbocycles. The van der Waals surface area contributed by atoms with Crippen molar-refractivity contribution in [3.8, 4) is 0 Å². The Morgan fingerprint density at radius 2 is 1.59 bits per heavy atom. The minimum absolute atomic E-state index is 0.00273. The molecule has 0 unspecified atom stereocenters. The third-order valence-corrected chi connectivity index (χ3v) is 21.5. The number of sulfone groups is 1. The van der Waals surface area contributed by atoms with Crippen molar-refractivity contribution in [1.82, 2.24) is 0 Å². The second-order valence-electron chi connectivity index (χ2n) is 9.18. The third kappa shape index (κ3) is 12.9. The number of benzene rings is 1. The fraction of sp³-hybridized carbons (Fsp3) is 0.720. The molecule has 0 atom stereocenters. The van der Waals surface area contributed by atoms with E-state index >= 15 is 0 Å². The van der Waals surface area contributed by atoms with Crippen LogP contribution in [0.1, 0.15) is 76.8 Å². The molecule has 0 fully saturated rings. The van der Waals surface area contributed by atoms with Crippen molar-refractivity contribution in [2.45, 2.75) is 84.8 Å². The first kappa shape index (κ1) is 29.9. The molecule has 4 nitrogen and oxygen atoms in total. The minimum atomic E-state index is -3.07. The summed E-state index contributed by atoms with van der Waals surface area (Å²) < 4.78 is 34.7. The Kier molecular flexibility index (Phi) is 15.4. The molecule has 1 aromatic rings. The van der Waals surface area contributed by atoms with Gasteiger partial charge in [0, 0.05) is 6.26 Å². The molecule has 1 rings (SSSR count). The Labute approximate surface area is 206 Å². The molecule has 0 bridgehead atoms. The van der Waals surface area contributed by atoms with E-state index in [0.717, 1.165) is 23.2 Å². The molecule has 0 aliphatic carbocycles. The van der Waals surface area contributed by atoms with Gasteiger partial charge in [0.15, 0.2) is 9.84 Å². The molecule has 0 amide bonds. The molecule has 0 aliphatic rings. The average molecular weight is 593 g/mol. The summed E-state index contributed by atoms with van der Waals surface area (Å²) in [5.41, 5.74) is 1.52. The fourth-order valence-electron chi connectivity index (χ4n) is 4.02. The summed E-state index contributed by atoms with van der Waals surface area (Å²) in [6.45, 7) is 8.41. The van der Waals surface area contributed by atoms with Gasteiger partial charge in [-0.05, 0) is 0 Å². The first-order chi connectivity index (χ1) is 15.2. The summed E-state index contributed by atoms with van der Waals surface area (Å²) in [4.78, 5) is 4.50. The molecule has 0 radical (unpaired) electrons. The second kappa shape index (κ2) is 16.5. The maximum atomic E-state index is 11.4. The van der Waals surface area contributed by atoms with Gasteiger partial charge in [-0.2, -0.15) is 0 Å². The molecule has 0 N–H and O–H groups in total. The molecule has 7 heteroatoms. The van der Waals surface area contributed by atoms with Crippen LogP contribution >= 0.6 is 11.6 Å². The molecule has 1 aromatic carbocycles. The van der Waals surface area contributed by atoms with E-state index in [1.807, 2.05) is 6.07 Å². The Bertz CT molecular complexity index is 762. The van der Waals surface area contributed by atoms with Gasteiger partial charge in [-0.3, -0.25) is 0 Å². The zero-order valence-electron chi connectivity index (χ0n) is 20.7. The number of nitrogens with zero attached hydrogens (tertiary/aromatic N) is 1. The maximum absolute atomic E-state index is 11.4. The van der Waals surface area contributed by atoms with Gasteiger partial charge in [0.1, 0.15) is 0 Å². The second-order valence-corrected chi connectivity index (χ2v) is 25.4. The Hall–Kier alpha value is -0.111. The molecule has 0 saturated heterocycles. The van der Waals surface area contributed by atoms with Crippen LogP contribution in [0.15, 0.2) is 23.2 Å². The zero-order valence-corrected chi connectivity index (χ0v) is 25.1. The number of unbranched alkanes of at least 4 members (excludes halogenated alkanes) is 3. The van der Waals surface area contributed by atoms with E-state index < -0.39 is 28.2 Å². The Morgan fingerprint density at radius 3 is 2.09 bits per heavy atom. The quantitative estimate of drug-likeness (QED) is 0.104. The van der Waals surface area contributed by atoms with E-state index in [-0.39, 0.29) is 5.75 Å². The summed E-state index contributed by atoms with van der Waals surface area (Å²) >= 11 is 4.11. The Morgan fingerprint density at radius 1 is 1.00 bits per heavy atom. The van der Waals surface area contributed by atoms with Crippen molar-refractivity contribution in [3.05, 3.63) is 34.3 Å². The van der Waals surface area contributed by atoms with Gasteiger partial charge in [0.2, 0.25) is 0 Å². The standard InChI is InChI=1S/C13H17ClNO3S.3C4H9.Sn/c1-18-7-3-6-15-9-12-5-4-11(8-13(12)14)10-19(2,16)17;3*1-3-4-2;/h4-5,8-9H,1,3,6-7,10H2,2H3;3*1,3-4H2,2H3;/b15-9+;;;;. The topological polar surface area (TPSA) is 55.7 Å². The van der Waals surface area contributed by atoms with E-state index in [1.54, 1.807) is 18.3 Å². The van der Waals surface area contributed by atoms with Crippen LogP contribution in [0.4, 0.5) is 0 Å². The van der Waals surface area contributed by atoms with Crippen molar-refractivity contribution in [2.24, 2.45) is 4.99 Å². The van der Waals surface area contributed by atoms with Crippen LogP contribution in [0, 0.1) is 0 Å². The number of hydrogen-bond acceptors (Lipinski definition) is 4. The number of hydrogen-bond donors (Lipinski definition) is 0. The Balaban J connectivity index is 2.50. The zero-order chi connectivity index (χ0) is 23.9. The van der Waals surface area contributed by atoms with Gasteiger partial charge in [-0.25, -0.2) is 8.42 Å². The van der Waals surface area contributed by atoms with Crippen LogP contribution < -0.4 is 0 Å². The number of aliphatic imine (C=N–C) groups is 1. The fourth-order valence-corrected chi connectivity index (χ4v) is 19.5. The molecule has 32 heavy (non-hydrogen) atoms. The van der Waals surface area contributed by atoms with Crippen molar-refractivity contribution in [3.63, 3.8) is 0 Å². The molecule has 0 aliphatic heterocycles. The summed E-state index contributed by atoms with van der Waals surface area (Å²) in [5, 5.41) is 0.535. The van der Waals surface area contributed by atoms with Crippen molar-refractivity contribution in [1.29, 1.82) is 0 Å². The molecule has 0 spiro atoms. The van der Waals surface area contributed by atoms with Crippen LogP contribution in [0.2, 0.25) is 18.3 Å². The SMILES string of the molecule is CCC[CH2][Sn]([CH2]CCC)([CH2]CCC)[CH2]OCCC/N=C/c1ccc(CS(C)(=O)=O)cc1Cl. The van der Waals surface area contributed by atoms with Crippen LogP contribution in [0.3, 0.4) is 0 Å². The summed E-state index contributed by atoms with van der Waals surface area (Å²) in [7, 11) is -3.07. The molecular formula is C25H44ClNO3SSn. The van der Waals surface area contributed by atoms with E-state index in [4.69, 9.17) is 16.3 Å². The molecular weight excluding hydrogens is 549 g/mol. The van der Waals surface area contributed by atoms with E-state index in [1.165, 1.54) is 58.1 Å².